The van der Waals surface area contributed by atoms with Gasteiger partial charge in [-0.05, 0) is 24.3 Å². The molecule has 0 bridgehead atoms. The molecule has 2 N–H and O–H groups in total. The van der Waals surface area contributed by atoms with Gasteiger partial charge in [-0.25, -0.2) is 0 Å². The van der Waals surface area contributed by atoms with Crippen LogP contribution in [0.5, 0.6) is 17.2 Å². The highest BCUT2D eigenvalue weighted by Crippen LogP contribution is 2.35. The van der Waals surface area contributed by atoms with Gasteiger partial charge in [-0.3, -0.25) is 19.0 Å². The molecule has 1 aliphatic rings. The maximum Gasteiger partial charge on any atom is 0.272 e. The van der Waals surface area contributed by atoms with E-state index in [0.717, 1.165) is 61.0 Å². The largest absolute Gasteiger partial charge is 1.00 e. The first-order valence-corrected chi connectivity index (χ1v) is 11.0. The van der Waals surface area contributed by atoms with Crippen LogP contribution in [0.2, 0.25) is 0 Å². The predicted molar refractivity (Wildman–Crippen MR) is 125 cm³/mol. The number of hydrogen-bond donors (Lipinski definition) is 2. The fourth-order valence-corrected chi connectivity index (χ4v) is 4.56. The summed E-state index contributed by atoms with van der Waals surface area (Å²) >= 11 is 0. The van der Waals surface area contributed by atoms with Gasteiger partial charge >= 0.3 is 0 Å². The van der Waals surface area contributed by atoms with Crippen molar-refractivity contribution in [1.82, 2.24) is 19.3 Å². The summed E-state index contributed by atoms with van der Waals surface area (Å²) in [5.74, 6) is 3.15. The molecule has 0 spiro atoms. The summed E-state index contributed by atoms with van der Waals surface area (Å²) in [6.07, 6.45) is 1.88. The lowest BCUT2D eigenvalue weighted by atomic mass is 10.1. The van der Waals surface area contributed by atoms with Crippen molar-refractivity contribution in [3.8, 4) is 17.2 Å². The third-order valence-corrected chi connectivity index (χ3v) is 6.34. The SMILES string of the molecule is COc1cc(OC)c(OC)cc1CN1CC[NH+](c2ccc3[nH]c(=O)c4cccn4c3n2)CC1.[Cl-]. The van der Waals surface area contributed by atoms with Crippen LogP contribution in [0, 0.1) is 0 Å². The molecule has 1 fully saturated rings. The monoisotopic (exact) mass is 485 g/mol. The van der Waals surface area contributed by atoms with E-state index in [0.29, 0.717) is 17.0 Å². The zero-order valence-electron chi connectivity index (χ0n) is 19.4. The first kappa shape index (κ1) is 23.9. The molecule has 5 rings (SSSR count). The van der Waals surface area contributed by atoms with Gasteiger partial charge in [-0.15, -0.1) is 0 Å². The summed E-state index contributed by atoms with van der Waals surface area (Å²) < 4.78 is 18.3. The van der Waals surface area contributed by atoms with Crippen molar-refractivity contribution in [1.29, 1.82) is 0 Å². The second-order valence-electron chi connectivity index (χ2n) is 8.18. The molecule has 1 saturated heterocycles. The first-order valence-electron chi connectivity index (χ1n) is 11.0. The molecule has 4 aromatic rings. The minimum atomic E-state index is -0.103. The van der Waals surface area contributed by atoms with E-state index >= 15 is 0 Å². The number of H-pyrrole nitrogens is 1. The molecule has 10 heteroatoms. The Kier molecular flexibility index (Phi) is 6.97. The van der Waals surface area contributed by atoms with Crippen molar-refractivity contribution in [2.45, 2.75) is 6.54 Å². The standard InChI is InChI=1S/C24H27N5O4.ClH/c1-31-19-14-21(33-3)20(32-2)13-16(19)15-27-9-11-28(12-10-27)22-7-6-17-23(26-22)29-8-4-5-18(29)24(30)25-17;/h4-8,13-14H,9-12,15H2,1-3H3,(H,25,30);1H. The lowest BCUT2D eigenvalue weighted by Crippen LogP contribution is -3.10. The number of benzene rings is 1. The van der Waals surface area contributed by atoms with Gasteiger partial charge in [-0.1, -0.05) is 0 Å². The molecule has 3 aromatic heterocycles. The lowest BCUT2D eigenvalue weighted by Gasteiger charge is -2.31. The van der Waals surface area contributed by atoms with Gasteiger partial charge in [0.1, 0.15) is 11.3 Å². The van der Waals surface area contributed by atoms with Gasteiger partial charge in [0.25, 0.3) is 5.56 Å². The minimum absolute atomic E-state index is 0. The van der Waals surface area contributed by atoms with Crippen LogP contribution in [-0.4, -0.2) is 66.8 Å². The molecule has 0 aliphatic carbocycles. The number of methoxy groups -OCH3 is 3. The van der Waals surface area contributed by atoms with E-state index in [-0.39, 0.29) is 18.0 Å². The van der Waals surface area contributed by atoms with E-state index in [1.54, 1.807) is 27.4 Å². The third kappa shape index (κ3) is 4.29. The van der Waals surface area contributed by atoms with Crippen molar-refractivity contribution in [3.63, 3.8) is 0 Å². The predicted octanol–water partition coefficient (Wildman–Crippen LogP) is -1.76. The average Bonchev–Trinajstić information content (AvgIpc) is 3.35. The Hall–Kier alpha value is -3.27. The van der Waals surface area contributed by atoms with Crippen LogP contribution in [0.1, 0.15) is 5.56 Å². The molecule has 4 heterocycles. The zero-order valence-corrected chi connectivity index (χ0v) is 20.2. The fraction of sp³-hybridized carbons (Fsp3) is 0.333. The van der Waals surface area contributed by atoms with E-state index in [1.165, 1.54) is 4.90 Å². The number of hydrogen-bond acceptors (Lipinski definition) is 6. The van der Waals surface area contributed by atoms with Gasteiger partial charge in [0.15, 0.2) is 17.1 Å². The Bertz CT molecular complexity index is 1360. The van der Waals surface area contributed by atoms with E-state index < -0.39 is 0 Å². The molecule has 0 radical (unpaired) electrons. The molecule has 34 heavy (non-hydrogen) atoms. The number of halogens is 1. The molecule has 0 atom stereocenters. The van der Waals surface area contributed by atoms with Crippen molar-refractivity contribution in [2.24, 2.45) is 0 Å². The maximum absolute atomic E-state index is 12.2. The zero-order chi connectivity index (χ0) is 22.9. The molecule has 0 unspecified atom stereocenters. The Morgan fingerprint density at radius 2 is 1.71 bits per heavy atom. The Morgan fingerprint density at radius 1 is 1.00 bits per heavy atom. The number of rotatable bonds is 6. The number of pyridine rings is 1. The van der Waals surface area contributed by atoms with Gasteiger partial charge < -0.3 is 31.6 Å². The number of nitrogens with zero attached hydrogens (tertiary/aromatic N) is 3. The lowest BCUT2D eigenvalue weighted by molar-refractivity contribution is -0.840. The number of nitrogens with one attached hydrogen (secondary N) is 2. The molecule has 180 valence electrons. The van der Waals surface area contributed by atoms with Gasteiger partial charge in [0.05, 0.1) is 39.9 Å². The van der Waals surface area contributed by atoms with E-state index in [2.05, 4.69) is 9.88 Å². The van der Waals surface area contributed by atoms with Crippen molar-refractivity contribution in [3.05, 3.63) is 58.5 Å². The Balaban J connectivity index is 0.00000274. The van der Waals surface area contributed by atoms with Crippen LogP contribution < -0.4 is 37.1 Å². The highest BCUT2D eigenvalue weighted by atomic mass is 35.5. The number of piperazine rings is 1. The molecular formula is C24H28ClN5O4. The number of aromatic nitrogens is 3. The van der Waals surface area contributed by atoms with Crippen LogP contribution in [0.25, 0.3) is 16.7 Å². The number of quaternary nitrogens is 1. The summed E-state index contributed by atoms with van der Waals surface area (Å²) in [5, 5.41) is 0. The third-order valence-electron chi connectivity index (χ3n) is 6.34. The number of ether oxygens (including phenoxy) is 3. The molecule has 0 amide bonds. The molecule has 1 aromatic carbocycles. The molecule has 0 saturated carbocycles. The van der Waals surface area contributed by atoms with Gasteiger partial charge in [0, 0.05) is 43.5 Å². The van der Waals surface area contributed by atoms with E-state index in [9.17, 15) is 4.79 Å². The Morgan fingerprint density at radius 3 is 2.41 bits per heavy atom. The van der Waals surface area contributed by atoms with Crippen molar-refractivity contribution < 1.29 is 31.5 Å². The molecule has 9 nitrogen and oxygen atoms in total. The maximum atomic E-state index is 12.2. The number of aromatic amines is 1. The van der Waals surface area contributed by atoms with E-state index in [4.69, 9.17) is 19.2 Å². The summed E-state index contributed by atoms with van der Waals surface area (Å²) in [6, 6.07) is 11.5. The van der Waals surface area contributed by atoms with Crippen LogP contribution in [0.15, 0.2) is 47.4 Å². The summed E-state index contributed by atoms with van der Waals surface area (Å²) in [5.41, 5.74) is 3.09. The summed E-state index contributed by atoms with van der Waals surface area (Å²) in [7, 11) is 4.94. The average molecular weight is 486 g/mol. The topological polar surface area (TPSA) is 85.5 Å². The summed E-state index contributed by atoms with van der Waals surface area (Å²) in [4.78, 5) is 23.8. The van der Waals surface area contributed by atoms with Gasteiger partial charge in [0.2, 0.25) is 5.82 Å². The van der Waals surface area contributed by atoms with Crippen LogP contribution in [0.4, 0.5) is 5.82 Å². The highest BCUT2D eigenvalue weighted by molar-refractivity contribution is 5.75. The normalized spacial score (nSPS) is 14.8. The Labute approximate surface area is 203 Å². The first-order chi connectivity index (χ1) is 16.1. The second-order valence-corrected chi connectivity index (χ2v) is 8.18. The van der Waals surface area contributed by atoms with Crippen molar-refractivity contribution in [2.75, 3.05) is 47.5 Å². The fourth-order valence-electron chi connectivity index (χ4n) is 4.56. The molecular weight excluding hydrogens is 458 g/mol. The minimum Gasteiger partial charge on any atom is -1.00 e. The number of fused-ring (bicyclic) bond motifs is 3. The van der Waals surface area contributed by atoms with E-state index in [1.807, 2.05) is 40.9 Å². The quantitative estimate of drug-likeness (QED) is 0.336. The van der Waals surface area contributed by atoms with Crippen LogP contribution in [-0.2, 0) is 6.54 Å². The van der Waals surface area contributed by atoms with Crippen LogP contribution >= 0.6 is 0 Å². The van der Waals surface area contributed by atoms with Crippen LogP contribution in [0.3, 0.4) is 0 Å². The van der Waals surface area contributed by atoms with Gasteiger partial charge in [-0.2, -0.15) is 4.98 Å². The smallest absolute Gasteiger partial charge is 0.272 e. The van der Waals surface area contributed by atoms with Crippen molar-refractivity contribution >= 4 is 22.5 Å². The summed E-state index contributed by atoms with van der Waals surface area (Å²) in [6.45, 7) is 4.50. The second kappa shape index (κ2) is 9.92. The molecule has 1 aliphatic heterocycles. The highest BCUT2D eigenvalue weighted by Gasteiger charge is 2.25.